The highest BCUT2D eigenvalue weighted by Crippen LogP contribution is 2.24. The van der Waals surface area contributed by atoms with E-state index in [-0.39, 0.29) is 22.2 Å². The zero-order valence-corrected chi connectivity index (χ0v) is 18.1. The van der Waals surface area contributed by atoms with Crippen LogP contribution in [-0.2, 0) is 19.6 Å². The standard InChI is InChI=1S/C24H19NO6S/c1-16-9-11-21(12-10-16)32(27,28)31-20-8-3-5-17(13-20)14-22-24(26)30-23(25-22)18-6-4-7-19(15-18)29-2/h3-15H,1-2H3/b22-14-. The lowest BCUT2D eigenvalue weighted by atomic mass is 10.2. The molecule has 3 aromatic rings. The highest BCUT2D eigenvalue weighted by atomic mass is 32.2. The third kappa shape index (κ3) is 4.70. The molecule has 32 heavy (non-hydrogen) atoms. The van der Waals surface area contributed by atoms with Gasteiger partial charge in [0.2, 0.25) is 5.90 Å². The van der Waals surface area contributed by atoms with E-state index in [9.17, 15) is 13.2 Å². The first-order valence-corrected chi connectivity index (χ1v) is 11.0. The van der Waals surface area contributed by atoms with Crippen LogP contribution >= 0.6 is 0 Å². The summed E-state index contributed by atoms with van der Waals surface area (Å²) < 4.78 is 40.8. The van der Waals surface area contributed by atoms with Gasteiger partial charge >= 0.3 is 16.1 Å². The van der Waals surface area contributed by atoms with Crippen molar-refractivity contribution in [3.05, 3.63) is 95.2 Å². The lowest BCUT2D eigenvalue weighted by molar-refractivity contribution is -0.129. The van der Waals surface area contributed by atoms with E-state index in [0.29, 0.717) is 16.9 Å². The molecule has 0 aromatic heterocycles. The molecule has 0 spiro atoms. The van der Waals surface area contributed by atoms with Crippen LogP contribution in [0.4, 0.5) is 0 Å². The molecule has 0 N–H and O–H groups in total. The Morgan fingerprint density at radius 1 is 0.938 bits per heavy atom. The topological polar surface area (TPSA) is 91.3 Å². The molecule has 7 nitrogen and oxygen atoms in total. The lowest BCUT2D eigenvalue weighted by Crippen LogP contribution is -2.09. The second-order valence-corrected chi connectivity index (χ2v) is 8.54. The molecule has 4 rings (SSSR count). The minimum Gasteiger partial charge on any atom is -0.497 e. The summed E-state index contributed by atoms with van der Waals surface area (Å²) >= 11 is 0. The van der Waals surface area contributed by atoms with Crippen molar-refractivity contribution in [2.45, 2.75) is 11.8 Å². The fourth-order valence-corrected chi connectivity index (χ4v) is 3.91. The maximum atomic E-state index is 12.5. The van der Waals surface area contributed by atoms with E-state index in [1.807, 2.05) is 6.92 Å². The van der Waals surface area contributed by atoms with E-state index in [0.717, 1.165) is 5.56 Å². The Morgan fingerprint density at radius 2 is 1.66 bits per heavy atom. The van der Waals surface area contributed by atoms with Gasteiger partial charge in [-0.05, 0) is 61.0 Å². The number of methoxy groups -OCH3 is 1. The van der Waals surface area contributed by atoms with Crippen molar-refractivity contribution < 1.29 is 26.9 Å². The number of carbonyl (C=O) groups excluding carboxylic acids is 1. The quantitative estimate of drug-likeness (QED) is 0.319. The predicted octanol–water partition coefficient (Wildman–Crippen LogP) is 4.12. The summed E-state index contributed by atoms with van der Waals surface area (Å²) in [5, 5.41) is 0. The first-order chi connectivity index (χ1) is 15.3. The second kappa shape index (κ2) is 8.68. The van der Waals surface area contributed by atoms with Gasteiger partial charge in [-0.25, -0.2) is 9.79 Å². The van der Waals surface area contributed by atoms with Crippen molar-refractivity contribution in [3.8, 4) is 11.5 Å². The minimum absolute atomic E-state index is 0.0544. The highest BCUT2D eigenvalue weighted by Gasteiger charge is 2.24. The smallest absolute Gasteiger partial charge is 0.363 e. The van der Waals surface area contributed by atoms with Gasteiger partial charge in [0, 0.05) is 5.56 Å². The Hall–Kier alpha value is -3.91. The predicted molar refractivity (Wildman–Crippen MR) is 119 cm³/mol. The van der Waals surface area contributed by atoms with Crippen molar-refractivity contribution in [2.75, 3.05) is 7.11 Å². The molecule has 0 fully saturated rings. The number of rotatable bonds is 6. The van der Waals surface area contributed by atoms with Gasteiger partial charge in [-0.15, -0.1) is 0 Å². The normalized spacial score (nSPS) is 14.8. The largest absolute Gasteiger partial charge is 0.497 e. The molecule has 8 heteroatoms. The zero-order valence-electron chi connectivity index (χ0n) is 17.3. The molecule has 0 unspecified atom stereocenters. The Morgan fingerprint density at radius 3 is 2.41 bits per heavy atom. The maximum absolute atomic E-state index is 12.5. The summed E-state index contributed by atoms with van der Waals surface area (Å²) in [6.45, 7) is 1.87. The third-order valence-electron chi connectivity index (χ3n) is 4.61. The number of hydrogen-bond donors (Lipinski definition) is 0. The van der Waals surface area contributed by atoms with Gasteiger partial charge in [-0.2, -0.15) is 8.42 Å². The Kier molecular flexibility index (Phi) is 5.79. The number of hydrogen-bond acceptors (Lipinski definition) is 7. The molecule has 1 heterocycles. The van der Waals surface area contributed by atoms with Crippen molar-refractivity contribution in [1.82, 2.24) is 0 Å². The average molecular weight is 449 g/mol. The Bertz CT molecular complexity index is 1340. The van der Waals surface area contributed by atoms with Gasteiger partial charge in [-0.1, -0.05) is 35.9 Å². The number of esters is 1. The molecule has 0 saturated heterocycles. The number of carbonyl (C=O) groups is 1. The minimum atomic E-state index is -3.99. The van der Waals surface area contributed by atoms with Gasteiger partial charge in [0.15, 0.2) is 5.70 Å². The summed E-state index contributed by atoms with van der Waals surface area (Å²) in [6, 6.07) is 19.7. The molecule has 0 amide bonds. The molecule has 1 aliphatic heterocycles. The van der Waals surface area contributed by atoms with Crippen LogP contribution in [0.25, 0.3) is 6.08 Å². The van der Waals surface area contributed by atoms with Crippen LogP contribution in [0, 0.1) is 6.92 Å². The van der Waals surface area contributed by atoms with Crippen LogP contribution in [0.5, 0.6) is 11.5 Å². The summed E-state index contributed by atoms with van der Waals surface area (Å²) in [6.07, 6.45) is 1.50. The van der Waals surface area contributed by atoms with Crippen LogP contribution in [-0.4, -0.2) is 27.4 Å². The van der Waals surface area contributed by atoms with Gasteiger partial charge in [0.1, 0.15) is 16.4 Å². The van der Waals surface area contributed by atoms with Crippen molar-refractivity contribution in [1.29, 1.82) is 0 Å². The average Bonchev–Trinajstić information content (AvgIpc) is 3.14. The molecule has 1 aliphatic rings. The molecule has 162 valence electrons. The van der Waals surface area contributed by atoms with Crippen molar-refractivity contribution >= 4 is 28.1 Å². The molecule has 0 bridgehead atoms. The second-order valence-electron chi connectivity index (χ2n) is 6.99. The molecular weight excluding hydrogens is 430 g/mol. The third-order valence-corrected chi connectivity index (χ3v) is 5.88. The van der Waals surface area contributed by atoms with Gasteiger partial charge in [0.25, 0.3) is 0 Å². The zero-order chi connectivity index (χ0) is 22.7. The molecule has 0 atom stereocenters. The fraction of sp³-hybridized carbons (Fsp3) is 0.0833. The number of benzene rings is 3. The SMILES string of the molecule is COc1cccc(C2=N/C(=C\c3cccc(OS(=O)(=O)c4ccc(C)cc4)c3)C(=O)O2)c1. The molecule has 0 saturated carbocycles. The van der Waals surface area contributed by atoms with Gasteiger partial charge in [0.05, 0.1) is 7.11 Å². The van der Waals surface area contributed by atoms with Crippen molar-refractivity contribution in [3.63, 3.8) is 0 Å². The summed E-state index contributed by atoms with van der Waals surface area (Å²) in [5.74, 6) is 0.275. The first-order valence-electron chi connectivity index (χ1n) is 9.62. The molecule has 3 aromatic carbocycles. The fourth-order valence-electron chi connectivity index (χ4n) is 2.98. The Balaban J connectivity index is 1.58. The van der Waals surface area contributed by atoms with Crippen LogP contribution in [0.2, 0.25) is 0 Å². The number of cyclic esters (lactones) is 1. The van der Waals surface area contributed by atoms with E-state index in [1.165, 1.54) is 30.3 Å². The van der Waals surface area contributed by atoms with Crippen LogP contribution in [0.1, 0.15) is 16.7 Å². The van der Waals surface area contributed by atoms with Gasteiger partial charge < -0.3 is 13.7 Å². The summed E-state index contributed by atoms with van der Waals surface area (Å²) in [7, 11) is -2.45. The monoisotopic (exact) mass is 449 g/mol. The Labute approximate surface area is 185 Å². The van der Waals surface area contributed by atoms with Crippen molar-refractivity contribution in [2.24, 2.45) is 4.99 Å². The number of nitrogens with zero attached hydrogens (tertiary/aromatic N) is 1. The highest BCUT2D eigenvalue weighted by molar-refractivity contribution is 7.87. The van der Waals surface area contributed by atoms with E-state index in [1.54, 1.807) is 55.6 Å². The molecular formula is C24H19NO6S. The van der Waals surface area contributed by atoms with Crippen LogP contribution < -0.4 is 8.92 Å². The van der Waals surface area contributed by atoms with E-state index in [4.69, 9.17) is 13.7 Å². The van der Waals surface area contributed by atoms with Crippen LogP contribution in [0.3, 0.4) is 0 Å². The lowest BCUT2D eigenvalue weighted by Gasteiger charge is -2.08. The molecule has 0 radical (unpaired) electrons. The van der Waals surface area contributed by atoms with E-state index in [2.05, 4.69) is 4.99 Å². The first kappa shape index (κ1) is 21.3. The van der Waals surface area contributed by atoms with Gasteiger partial charge in [-0.3, -0.25) is 0 Å². The van der Waals surface area contributed by atoms with Crippen LogP contribution in [0.15, 0.2) is 88.4 Å². The maximum Gasteiger partial charge on any atom is 0.363 e. The molecule has 0 aliphatic carbocycles. The summed E-state index contributed by atoms with van der Waals surface area (Å²) in [5.41, 5.74) is 2.16. The number of ether oxygens (including phenoxy) is 2. The van der Waals surface area contributed by atoms with E-state index >= 15 is 0 Å². The summed E-state index contributed by atoms with van der Waals surface area (Å²) in [4.78, 5) is 16.6. The number of aliphatic imine (C=N–C) groups is 1. The van der Waals surface area contributed by atoms with E-state index < -0.39 is 16.1 Å². The number of aryl methyl sites for hydroxylation is 1.